The highest BCUT2D eigenvalue weighted by Crippen LogP contribution is 2.35. The summed E-state index contributed by atoms with van der Waals surface area (Å²) in [7, 11) is 0. The normalized spacial score (nSPS) is 13.8. The van der Waals surface area contributed by atoms with E-state index in [1.54, 1.807) is 0 Å². The van der Waals surface area contributed by atoms with Gasteiger partial charge in [-0.1, -0.05) is 79.5 Å². The summed E-state index contributed by atoms with van der Waals surface area (Å²) in [5.74, 6) is 0.222. The average molecular weight is 304 g/mol. The molecule has 3 rings (SSSR count). The number of thiocarbonyl (C=S) groups is 1. The lowest BCUT2D eigenvalue weighted by Crippen LogP contribution is -1.98. The SMILES string of the molecule is C=C(/C=C\c1ccccc1C)C1=C(O)c2ccccc2C1=S. The highest BCUT2D eigenvalue weighted by molar-refractivity contribution is 7.81. The van der Waals surface area contributed by atoms with Crippen LogP contribution in [0.15, 0.2) is 72.3 Å². The van der Waals surface area contributed by atoms with Crippen molar-refractivity contribution in [2.75, 3.05) is 0 Å². The highest BCUT2D eigenvalue weighted by atomic mass is 32.1. The molecule has 0 amide bonds. The molecule has 0 saturated carbocycles. The summed E-state index contributed by atoms with van der Waals surface area (Å²) in [5, 5.41) is 10.4. The predicted octanol–water partition coefficient (Wildman–Crippen LogP) is 5.27. The van der Waals surface area contributed by atoms with Crippen molar-refractivity contribution < 1.29 is 5.11 Å². The van der Waals surface area contributed by atoms with Gasteiger partial charge in [-0.15, -0.1) is 0 Å². The highest BCUT2D eigenvalue weighted by Gasteiger charge is 2.26. The molecule has 0 spiro atoms. The van der Waals surface area contributed by atoms with E-state index in [4.69, 9.17) is 12.2 Å². The Labute approximate surface area is 135 Å². The fourth-order valence-corrected chi connectivity index (χ4v) is 3.02. The topological polar surface area (TPSA) is 20.2 Å². The number of hydrogen-bond acceptors (Lipinski definition) is 2. The molecule has 22 heavy (non-hydrogen) atoms. The van der Waals surface area contributed by atoms with E-state index in [9.17, 15) is 5.11 Å². The molecule has 1 aliphatic carbocycles. The number of benzene rings is 2. The molecule has 0 saturated heterocycles. The second kappa shape index (κ2) is 5.74. The van der Waals surface area contributed by atoms with Crippen LogP contribution in [0.1, 0.15) is 22.3 Å². The summed E-state index contributed by atoms with van der Waals surface area (Å²) in [6, 6.07) is 15.8. The summed E-state index contributed by atoms with van der Waals surface area (Å²) in [5.41, 5.74) is 5.39. The molecule has 1 aliphatic rings. The molecule has 1 N–H and O–H groups in total. The molecule has 0 radical (unpaired) electrons. The third kappa shape index (κ3) is 2.42. The van der Waals surface area contributed by atoms with E-state index in [0.717, 1.165) is 22.3 Å². The van der Waals surface area contributed by atoms with Crippen molar-refractivity contribution in [1.82, 2.24) is 0 Å². The maximum Gasteiger partial charge on any atom is 0.132 e. The van der Waals surface area contributed by atoms with Crippen LogP contribution in [0, 0.1) is 6.92 Å². The average Bonchev–Trinajstić information content (AvgIpc) is 2.78. The van der Waals surface area contributed by atoms with Gasteiger partial charge < -0.3 is 5.11 Å². The fraction of sp³-hybridized carbons (Fsp3) is 0.0500. The van der Waals surface area contributed by atoms with E-state index in [2.05, 4.69) is 25.6 Å². The van der Waals surface area contributed by atoms with Gasteiger partial charge in [-0.2, -0.15) is 0 Å². The Morgan fingerprint density at radius 2 is 1.68 bits per heavy atom. The summed E-state index contributed by atoms with van der Waals surface area (Å²) in [4.78, 5) is 0.660. The Balaban J connectivity index is 1.93. The van der Waals surface area contributed by atoms with Crippen molar-refractivity contribution in [1.29, 1.82) is 0 Å². The molecule has 0 atom stereocenters. The molecule has 0 aromatic heterocycles. The van der Waals surface area contributed by atoms with E-state index < -0.39 is 0 Å². The molecule has 0 heterocycles. The second-order valence-electron chi connectivity index (χ2n) is 5.31. The molecule has 0 aliphatic heterocycles. The summed E-state index contributed by atoms with van der Waals surface area (Å²) < 4.78 is 0. The van der Waals surface area contributed by atoms with Gasteiger partial charge in [-0.3, -0.25) is 0 Å². The van der Waals surface area contributed by atoms with Gasteiger partial charge in [-0.05, 0) is 23.6 Å². The molecule has 2 heteroatoms. The third-order valence-electron chi connectivity index (χ3n) is 3.86. The summed E-state index contributed by atoms with van der Waals surface area (Å²) in [6.07, 6.45) is 3.91. The number of aryl methyl sites for hydroxylation is 1. The van der Waals surface area contributed by atoms with Crippen LogP contribution in [0.2, 0.25) is 0 Å². The van der Waals surface area contributed by atoms with Gasteiger partial charge in [0.2, 0.25) is 0 Å². The largest absolute Gasteiger partial charge is 0.507 e. The number of rotatable bonds is 3. The molecule has 108 valence electrons. The maximum atomic E-state index is 10.4. The van der Waals surface area contributed by atoms with E-state index >= 15 is 0 Å². The van der Waals surface area contributed by atoms with Crippen LogP contribution in [0.3, 0.4) is 0 Å². The molecule has 0 unspecified atom stereocenters. The lowest BCUT2D eigenvalue weighted by Gasteiger charge is -2.04. The minimum Gasteiger partial charge on any atom is -0.507 e. The van der Waals surface area contributed by atoms with E-state index in [-0.39, 0.29) is 5.76 Å². The van der Waals surface area contributed by atoms with Crippen molar-refractivity contribution >= 4 is 28.9 Å². The van der Waals surface area contributed by atoms with Gasteiger partial charge in [0.25, 0.3) is 0 Å². The van der Waals surface area contributed by atoms with Crippen molar-refractivity contribution in [3.8, 4) is 0 Å². The van der Waals surface area contributed by atoms with Gasteiger partial charge in [0.15, 0.2) is 0 Å². The zero-order valence-electron chi connectivity index (χ0n) is 12.3. The monoisotopic (exact) mass is 304 g/mol. The Morgan fingerprint density at radius 1 is 1.05 bits per heavy atom. The Kier molecular flexibility index (Phi) is 3.78. The molecular weight excluding hydrogens is 288 g/mol. The first-order valence-corrected chi connectivity index (χ1v) is 7.50. The number of aliphatic hydroxyl groups is 1. The third-order valence-corrected chi connectivity index (χ3v) is 4.29. The van der Waals surface area contributed by atoms with Crippen molar-refractivity contribution in [3.63, 3.8) is 0 Å². The first-order valence-electron chi connectivity index (χ1n) is 7.10. The fourth-order valence-electron chi connectivity index (χ4n) is 2.61. The lowest BCUT2D eigenvalue weighted by atomic mass is 10.0. The minimum absolute atomic E-state index is 0.222. The van der Waals surface area contributed by atoms with Gasteiger partial charge in [0, 0.05) is 16.7 Å². The molecule has 2 aromatic carbocycles. The van der Waals surface area contributed by atoms with Gasteiger partial charge in [0.05, 0.1) is 4.86 Å². The first kappa shape index (κ1) is 14.5. The van der Waals surface area contributed by atoms with Crippen LogP contribution in [-0.2, 0) is 0 Å². The summed E-state index contributed by atoms with van der Waals surface area (Å²) >= 11 is 5.49. The Bertz CT molecular complexity index is 840. The molecule has 1 nitrogen and oxygen atoms in total. The standard InChI is InChI=1S/C20H16OS/c1-13-7-3-4-8-15(13)12-11-14(2)18-19(21)16-9-5-6-10-17(16)20(18)22/h3-12,21H,2H2,1H3/b12-11-. The van der Waals surface area contributed by atoms with E-state index in [1.807, 2.05) is 48.6 Å². The molecular formula is C20H16OS. The first-order chi connectivity index (χ1) is 10.6. The second-order valence-corrected chi connectivity index (χ2v) is 5.72. The van der Waals surface area contributed by atoms with E-state index in [0.29, 0.717) is 10.4 Å². The van der Waals surface area contributed by atoms with Crippen LogP contribution in [0.5, 0.6) is 0 Å². The number of fused-ring (bicyclic) bond motifs is 1. The Morgan fingerprint density at radius 3 is 2.36 bits per heavy atom. The smallest absolute Gasteiger partial charge is 0.132 e. The zero-order chi connectivity index (χ0) is 15.7. The van der Waals surface area contributed by atoms with Gasteiger partial charge in [0.1, 0.15) is 5.76 Å². The molecule has 0 bridgehead atoms. The minimum atomic E-state index is 0.222. The van der Waals surface area contributed by atoms with Crippen LogP contribution in [0.4, 0.5) is 0 Å². The van der Waals surface area contributed by atoms with Gasteiger partial charge >= 0.3 is 0 Å². The summed E-state index contributed by atoms with van der Waals surface area (Å²) in [6.45, 7) is 6.14. The Hall–Kier alpha value is -2.45. The molecule has 2 aromatic rings. The quantitative estimate of drug-likeness (QED) is 0.616. The number of allylic oxidation sites excluding steroid dienone is 3. The lowest BCUT2D eigenvalue weighted by molar-refractivity contribution is 0.511. The molecule has 0 fully saturated rings. The van der Waals surface area contributed by atoms with Crippen LogP contribution in [-0.4, -0.2) is 9.97 Å². The van der Waals surface area contributed by atoms with Crippen LogP contribution >= 0.6 is 12.2 Å². The van der Waals surface area contributed by atoms with Crippen LogP contribution in [0.25, 0.3) is 11.8 Å². The number of aliphatic hydroxyl groups excluding tert-OH is 1. The zero-order valence-corrected chi connectivity index (χ0v) is 13.2. The van der Waals surface area contributed by atoms with Crippen molar-refractivity contribution in [2.24, 2.45) is 0 Å². The van der Waals surface area contributed by atoms with Crippen molar-refractivity contribution in [3.05, 3.63) is 94.6 Å². The van der Waals surface area contributed by atoms with Gasteiger partial charge in [-0.25, -0.2) is 0 Å². The number of hydrogen-bond donors (Lipinski definition) is 1. The maximum absolute atomic E-state index is 10.4. The van der Waals surface area contributed by atoms with Crippen molar-refractivity contribution in [2.45, 2.75) is 6.92 Å². The van der Waals surface area contributed by atoms with Crippen LogP contribution < -0.4 is 0 Å². The predicted molar refractivity (Wildman–Crippen MR) is 97.0 cm³/mol. The van der Waals surface area contributed by atoms with E-state index in [1.165, 1.54) is 5.56 Å².